The fraction of sp³-hybridized carbons (Fsp3) is 0.571. The molecule has 96 valence electrons. The summed E-state index contributed by atoms with van der Waals surface area (Å²) in [6, 6.07) is 5.55. The van der Waals surface area contributed by atoms with Crippen molar-refractivity contribution in [2.45, 2.75) is 33.6 Å². The molecule has 0 radical (unpaired) electrons. The summed E-state index contributed by atoms with van der Waals surface area (Å²) in [6.45, 7) is 7.85. The molecule has 0 atom stereocenters. The molecule has 0 spiro atoms. The van der Waals surface area contributed by atoms with Crippen LogP contribution >= 0.6 is 0 Å². The van der Waals surface area contributed by atoms with Crippen LogP contribution in [0.5, 0.6) is 11.5 Å². The lowest BCUT2D eigenvalue weighted by atomic mass is 10.1. The maximum absolute atomic E-state index is 5.80. The van der Waals surface area contributed by atoms with Crippen LogP contribution in [0.3, 0.4) is 0 Å². The average Bonchev–Trinajstić information content (AvgIpc) is 2.25. The van der Waals surface area contributed by atoms with Crippen LogP contribution in [0.15, 0.2) is 18.2 Å². The first-order valence-electron chi connectivity index (χ1n) is 6.28. The third-order valence-corrected chi connectivity index (χ3v) is 2.34. The van der Waals surface area contributed by atoms with E-state index in [-0.39, 0.29) is 0 Å². The molecule has 0 aromatic heterocycles. The Bertz CT molecular complexity index is 337. The Labute approximate surface area is 104 Å². The zero-order valence-electron chi connectivity index (χ0n) is 11.0. The van der Waals surface area contributed by atoms with E-state index in [1.165, 1.54) is 0 Å². The maximum atomic E-state index is 5.80. The summed E-state index contributed by atoms with van der Waals surface area (Å²) >= 11 is 0. The Hall–Kier alpha value is -1.38. The first kappa shape index (κ1) is 13.7. The van der Waals surface area contributed by atoms with Crippen molar-refractivity contribution in [1.29, 1.82) is 0 Å². The van der Waals surface area contributed by atoms with Gasteiger partial charge in [0, 0.05) is 23.9 Å². The largest absolute Gasteiger partial charge is 0.493 e. The van der Waals surface area contributed by atoms with Gasteiger partial charge in [0.1, 0.15) is 11.5 Å². The van der Waals surface area contributed by atoms with Crippen molar-refractivity contribution in [3.63, 3.8) is 0 Å². The van der Waals surface area contributed by atoms with Gasteiger partial charge >= 0.3 is 0 Å². The van der Waals surface area contributed by atoms with Crippen LogP contribution in [0.4, 0.5) is 5.69 Å². The third-order valence-electron chi connectivity index (χ3n) is 2.34. The second-order valence-corrected chi connectivity index (χ2v) is 4.62. The number of nitrogens with two attached hydrogens (primary N) is 1. The molecule has 0 aliphatic carbocycles. The number of hydrogen-bond donors (Lipinski definition) is 1. The van der Waals surface area contributed by atoms with Crippen LogP contribution in [0.25, 0.3) is 0 Å². The molecule has 1 aromatic rings. The van der Waals surface area contributed by atoms with Gasteiger partial charge in [0.2, 0.25) is 0 Å². The van der Waals surface area contributed by atoms with Gasteiger partial charge < -0.3 is 15.2 Å². The summed E-state index contributed by atoms with van der Waals surface area (Å²) in [7, 11) is 0. The van der Waals surface area contributed by atoms with Gasteiger partial charge in [-0.1, -0.05) is 20.8 Å². The molecule has 0 heterocycles. The molecule has 0 unspecified atom stereocenters. The maximum Gasteiger partial charge on any atom is 0.125 e. The zero-order valence-corrected chi connectivity index (χ0v) is 11.0. The SMILES string of the molecule is CCCOc1cc(N)cc(OCCC(C)C)c1. The predicted molar refractivity (Wildman–Crippen MR) is 71.6 cm³/mol. The van der Waals surface area contributed by atoms with Crippen molar-refractivity contribution in [3.05, 3.63) is 18.2 Å². The van der Waals surface area contributed by atoms with Crippen LogP contribution in [0.1, 0.15) is 33.6 Å². The Morgan fingerprint density at radius 3 is 2.18 bits per heavy atom. The zero-order chi connectivity index (χ0) is 12.7. The average molecular weight is 237 g/mol. The summed E-state index contributed by atoms with van der Waals surface area (Å²) in [4.78, 5) is 0. The molecule has 0 amide bonds. The number of rotatable bonds is 7. The van der Waals surface area contributed by atoms with Crippen LogP contribution in [0.2, 0.25) is 0 Å². The van der Waals surface area contributed by atoms with E-state index >= 15 is 0 Å². The molecular formula is C14H23NO2. The first-order chi connectivity index (χ1) is 8.11. The molecule has 0 aliphatic heterocycles. The van der Waals surface area contributed by atoms with Crippen molar-refractivity contribution < 1.29 is 9.47 Å². The fourth-order valence-corrected chi connectivity index (χ4v) is 1.39. The van der Waals surface area contributed by atoms with E-state index < -0.39 is 0 Å². The number of benzene rings is 1. The molecule has 0 saturated heterocycles. The van der Waals surface area contributed by atoms with E-state index in [0.29, 0.717) is 24.8 Å². The number of ether oxygens (including phenoxy) is 2. The molecule has 0 fully saturated rings. The van der Waals surface area contributed by atoms with E-state index in [1.54, 1.807) is 0 Å². The van der Waals surface area contributed by atoms with Gasteiger partial charge in [-0.25, -0.2) is 0 Å². The van der Waals surface area contributed by atoms with Crippen LogP contribution in [-0.4, -0.2) is 13.2 Å². The summed E-state index contributed by atoms with van der Waals surface area (Å²) in [5.41, 5.74) is 6.48. The molecule has 0 aliphatic rings. The van der Waals surface area contributed by atoms with Gasteiger partial charge in [0.15, 0.2) is 0 Å². The van der Waals surface area contributed by atoms with E-state index in [9.17, 15) is 0 Å². The van der Waals surface area contributed by atoms with Crippen molar-refractivity contribution >= 4 is 5.69 Å². The highest BCUT2D eigenvalue weighted by Crippen LogP contribution is 2.24. The second-order valence-electron chi connectivity index (χ2n) is 4.62. The third kappa shape index (κ3) is 5.48. The molecular weight excluding hydrogens is 214 g/mol. The topological polar surface area (TPSA) is 44.5 Å². The van der Waals surface area contributed by atoms with Crippen molar-refractivity contribution in [2.75, 3.05) is 18.9 Å². The normalized spacial score (nSPS) is 10.6. The quantitative estimate of drug-likeness (QED) is 0.738. The van der Waals surface area contributed by atoms with Crippen molar-refractivity contribution in [3.8, 4) is 11.5 Å². The lowest BCUT2D eigenvalue weighted by Crippen LogP contribution is -2.02. The summed E-state index contributed by atoms with van der Waals surface area (Å²) in [6.07, 6.45) is 2.03. The number of hydrogen-bond acceptors (Lipinski definition) is 3. The first-order valence-corrected chi connectivity index (χ1v) is 6.28. The Morgan fingerprint density at radius 2 is 1.65 bits per heavy atom. The molecule has 0 bridgehead atoms. The van der Waals surface area contributed by atoms with E-state index in [1.807, 2.05) is 18.2 Å². The van der Waals surface area contributed by atoms with Crippen molar-refractivity contribution in [1.82, 2.24) is 0 Å². The van der Waals surface area contributed by atoms with Gasteiger partial charge in [0.25, 0.3) is 0 Å². The molecule has 2 N–H and O–H groups in total. The van der Waals surface area contributed by atoms with Crippen molar-refractivity contribution in [2.24, 2.45) is 5.92 Å². The molecule has 1 rings (SSSR count). The highest BCUT2D eigenvalue weighted by atomic mass is 16.5. The number of nitrogen functional groups attached to an aromatic ring is 1. The van der Waals surface area contributed by atoms with Crippen LogP contribution in [-0.2, 0) is 0 Å². The smallest absolute Gasteiger partial charge is 0.125 e. The van der Waals surface area contributed by atoms with Gasteiger partial charge in [-0.2, -0.15) is 0 Å². The minimum atomic E-state index is 0.645. The summed E-state index contributed by atoms with van der Waals surface area (Å²) in [5, 5.41) is 0. The molecule has 3 heteroatoms. The fourth-order valence-electron chi connectivity index (χ4n) is 1.39. The Morgan fingerprint density at radius 1 is 1.06 bits per heavy atom. The highest BCUT2D eigenvalue weighted by molar-refractivity contribution is 5.50. The lowest BCUT2D eigenvalue weighted by Gasteiger charge is -2.11. The molecule has 17 heavy (non-hydrogen) atoms. The predicted octanol–water partition coefficient (Wildman–Crippen LogP) is 3.48. The van der Waals surface area contributed by atoms with E-state index in [4.69, 9.17) is 15.2 Å². The highest BCUT2D eigenvalue weighted by Gasteiger charge is 2.02. The molecule has 0 saturated carbocycles. The van der Waals surface area contributed by atoms with Gasteiger partial charge in [0.05, 0.1) is 13.2 Å². The molecule has 1 aromatic carbocycles. The van der Waals surface area contributed by atoms with Crippen LogP contribution < -0.4 is 15.2 Å². The van der Waals surface area contributed by atoms with Gasteiger partial charge in [-0.05, 0) is 18.8 Å². The monoisotopic (exact) mass is 237 g/mol. The number of anilines is 1. The standard InChI is InChI=1S/C14H23NO2/c1-4-6-16-13-8-12(15)9-14(10-13)17-7-5-11(2)3/h8-11H,4-7,15H2,1-3H3. The lowest BCUT2D eigenvalue weighted by molar-refractivity contribution is 0.283. The van der Waals surface area contributed by atoms with E-state index in [2.05, 4.69) is 20.8 Å². The van der Waals surface area contributed by atoms with Gasteiger partial charge in [-0.3, -0.25) is 0 Å². The van der Waals surface area contributed by atoms with Crippen LogP contribution in [0, 0.1) is 5.92 Å². The molecule has 3 nitrogen and oxygen atoms in total. The van der Waals surface area contributed by atoms with Gasteiger partial charge in [-0.15, -0.1) is 0 Å². The Balaban J connectivity index is 2.55. The van der Waals surface area contributed by atoms with E-state index in [0.717, 1.165) is 24.3 Å². The Kier molecular flexibility index (Phi) is 5.67. The minimum absolute atomic E-state index is 0.645. The second kappa shape index (κ2) is 7.05. The summed E-state index contributed by atoms with van der Waals surface area (Å²) < 4.78 is 11.2. The minimum Gasteiger partial charge on any atom is -0.493 e. The summed E-state index contributed by atoms with van der Waals surface area (Å²) in [5.74, 6) is 2.22.